The molecule has 1 heterocycles. The molecule has 0 aliphatic carbocycles. The summed E-state index contributed by atoms with van der Waals surface area (Å²) in [5, 5.41) is 7.41. The Hall–Kier alpha value is -1.80. The van der Waals surface area contributed by atoms with Gasteiger partial charge in [-0.1, -0.05) is 54.1 Å². The van der Waals surface area contributed by atoms with Gasteiger partial charge in [-0.25, -0.2) is 0 Å². The van der Waals surface area contributed by atoms with E-state index in [4.69, 9.17) is 11.6 Å². The summed E-state index contributed by atoms with van der Waals surface area (Å²) in [6, 6.07) is 18.4. The van der Waals surface area contributed by atoms with E-state index < -0.39 is 0 Å². The summed E-state index contributed by atoms with van der Waals surface area (Å²) in [5.74, 6) is 0.326. The topological polar surface area (TPSA) is 15.6 Å². The molecule has 1 atom stereocenters. The second-order valence-corrected chi connectivity index (χ2v) is 5.23. The second-order valence-electron chi connectivity index (χ2n) is 4.80. The number of nitrogens with zero attached hydrogens (tertiary/aromatic N) is 2. The number of likely N-dealkylation sites (N-methyl/N-ethyl adjacent to an activating group) is 1. The van der Waals surface area contributed by atoms with Crippen LogP contribution in [0.3, 0.4) is 0 Å². The Morgan fingerprint density at radius 3 is 2.42 bits per heavy atom. The van der Waals surface area contributed by atoms with E-state index in [-0.39, 0.29) is 0 Å². The molecule has 0 spiro atoms. The predicted octanol–water partition coefficient (Wildman–Crippen LogP) is 3.77. The number of hydrogen-bond acceptors (Lipinski definition) is 2. The van der Waals surface area contributed by atoms with Crippen molar-refractivity contribution in [3.8, 4) is 0 Å². The fourth-order valence-corrected chi connectivity index (χ4v) is 2.60. The van der Waals surface area contributed by atoms with Crippen LogP contribution < -0.4 is 0 Å². The number of hydrogen-bond donors (Lipinski definition) is 0. The Labute approximate surface area is 118 Å². The summed E-state index contributed by atoms with van der Waals surface area (Å²) >= 11 is 5.95. The summed E-state index contributed by atoms with van der Waals surface area (Å²) < 4.78 is 0. The van der Waals surface area contributed by atoms with E-state index in [1.54, 1.807) is 0 Å². The third kappa shape index (κ3) is 2.49. The first-order chi connectivity index (χ1) is 9.24. The number of hydrazone groups is 1. The molecule has 0 radical (unpaired) electrons. The summed E-state index contributed by atoms with van der Waals surface area (Å²) in [4.78, 5) is 0. The Morgan fingerprint density at radius 1 is 1.05 bits per heavy atom. The van der Waals surface area contributed by atoms with Crippen LogP contribution in [0.4, 0.5) is 0 Å². The van der Waals surface area contributed by atoms with E-state index in [1.165, 1.54) is 5.56 Å². The lowest BCUT2D eigenvalue weighted by molar-refractivity contribution is 0.381. The minimum Gasteiger partial charge on any atom is -0.299 e. The van der Waals surface area contributed by atoms with Gasteiger partial charge in [0.1, 0.15) is 0 Å². The molecule has 19 heavy (non-hydrogen) atoms. The van der Waals surface area contributed by atoms with Crippen LogP contribution in [0.5, 0.6) is 0 Å². The fraction of sp³-hybridized carbons (Fsp3) is 0.188. The molecular weight excluding hydrogens is 256 g/mol. The van der Waals surface area contributed by atoms with E-state index in [1.807, 2.05) is 42.4 Å². The first-order valence-electron chi connectivity index (χ1n) is 6.34. The zero-order valence-corrected chi connectivity index (χ0v) is 11.5. The highest BCUT2D eigenvalue weighted by molar-refractivity contribution is 6.30. The summed E-state index contributed by atoms with van der Waals surface area (Å²) in [6.45, 7) is 0.919. The van der Waals surface area contributed by atoms with Crippen LogP contribution in [-0.2, 0) is 0 Å². The van der Waals surface area contributed by atoms with E-state index in [2.05, 4.69) is 29.4 Å². The van der Waals surface area contributed by atoms with Crippen LogP contribution in [-0.4, -0.2) is 24.3 Å². The number of rotatable bonds is 2. The standard InChI is InChI=1S/C16H15ClN2/c1-19-11-15(12-5-3-2-4-6-12)16(18-19)13-7-9-14(17)10-8-13/h2-10,15H,11H2,1H3/t15-/m1/s1. The molecule has 0 saturated carbocycles. The zero-order valence-electron chi connectivity index (χ0n) is 10.8. The van der Waals surface area contributed by atoms with Gasteiger partial charge in [-0.05, 0) is 23.3 Å². The highest BCUT2D eigenvalue weighted by atomic mass is 35.5. The minimum absolute atomic E-state index is 0.326. The van der Waals surface area contributed by atoms with Crippen LogP contribution in [0, 0.1) is 0 Å². The quantitative estimate of drug-likeness (QED) is 0.811. The lowest BCUT2D eigenvalue weighted by Gasteiger charge is -2.13. The molecule has 0 N–H and O–H groups in total. The molecule has 0 aromatic heterocycles. The monoisotopic (exact) mass is 270 g/mol. The van der Waals surface area contributed by atoms with Gasteiger partial charge in [0.2, 0.25) is 0 Å². The van der Waals surface area contributed by atoms with Crippen molar-refractivity contribution >= 4 is 17.3 Å². The molecule has 2 aromatic rings. The Bertz CT molecular complexity index is 590. The van der Waals surface area contributed by atoms with E-state index in [9.17, 15) is 0 Å². The van der Waals surface area contributed by atoms with E-state index in [0.29, 0.717) is 5.92 Å². The van der Waals surface area contributed by atoms with Gasteiger partial charge in [-0.2, -0.15) is 5.10 Å². The maximum absolute atomic E-state index is 5.95. The van der Waals surface area contributed by atoms with Gasteiger partial charge in [0.25, 0.3) is 0 Å². The molecule has 0 amide bonds. The van der Waals surface area contributed by atoms with Gasteiger partial charge in [-0.3, -0.25) is 5.01 Å². The van der Waals surface area contributed by atoms with Crippen molar-refractivity contribution in [3.63, 3.8) is 0 Å². The Kier molecular flexibility index (Phi) is 3.26. The van der Waals surface area contributed by atoms with Crippen LogP contribution in [0.2, 0.25) is 5.02 Å². The highest BCUT2D eigenvalue weighted by Gasteiger charge is 2.27. The van der Waals surface area contributed by atoms with Crippen molar-refractivity contribution in [1.29, 1.82) is 0 Å². The lowest BCUT2D eigenvalue weighted by atomic mass is 9.91. The van der Waals surface area contributed by atoms with Crippen LogP contribution in [0.25, 0.3) is 0 Å². The van der Waals surface area contributed by atoms with Crippen LogP contribution in [0.1, 0.15) is 17.0 Å². The van der Waals surface area contributed by atoms with Crippen molar-refractivity contribution < 1.29 is 0 Å². The normalized spacial score (nSPS) is 18.5. The first-order valence-corrected chi connectivity index (χ1v) is 6.72. The average Bonchev–Trinajstić information content (AvgIpc) is 2.83. The van der Waals surface area contributed by atoms with Gasteiger partial charge in [0, 0.05) is 24.5 Å². The summed E-state index contributed by atoms with van der Waals surface area (Å²) in [5.41, 5.74) is 3.56. The molecule has 96 valence electrons. The molecule has 2 nitrogen and oxygen atoms in total. The Balaban J connectivity index is 1.98. The molecule has 0 unspecified atom stereocenters. The molecule has 0 bridgehead atoms. The smallest absolute Gasteiger partial charge is 0.0770 e. The molecular formula is C16H15ClN2. The fourth-order valence-electron chi connectivity index (χ4n) is 2.47. The molecule has 3 rings (SSSR count). The van der Waals surface area contributed by atoms with Crippen LogP contribution >= 0.6 is 11.6 Å². The van der Waals surface area contributed by atoms with Crippen molar-refractivity contribution in [2.45, 2.75) is 5.92 Å². The first kappa shape index (κ1) is 12.2. The highest BCUT2D eigenvalue weighted by Crippen LogP contribution is 2.28. The van der Waals surface area contributed by atoms with E-state index >= 15 is 0 Å². The Morgan fingerprint density at radius 2 is 1.74 bits per heavy atom. The SMILES string of the molecule is CN1C[C@H](c2ccccc2)C(c2ccc(Cl)cc2)=N1. The molecule has 0 saturated heterocycles. The average molecular weight is 271 g/mol. The maximum Gasteiger partial charge on any atom is 0.0770 e. The van der Waals surface area contributed by atoms with Crippen molar-refractivity contribution in [2.24, 2.45) is 5.10 Å². The second kappa shape index (κ2) is 5.06. The van der Waals surface area contributed by atoms with Gasteiger partial charge < -0.3 is 0 Å². The van der Waals surface area contributed by atoms with Gasteiger partial charge in [0.05, 0.1) is 5.71 Å². The van der Waals surface area contributed by atoms with Gasteiger partial charge in [0.15, 0.2) is 0 Å². The van der Waals surface area contributed by atoms with Gasteiger partial charge >= 0.3 is 0 Å². The van der Waals surface area contributed by atoms with Crippen molar-refractivity contribution in [3.05, 3.63) is 70.7 Å². The molecule has 1 aliphatic heterocycles. The van der Waals surface area contributed by atoms with Gasteiger partial charge in [-0.15, -0.1) is 0 Å². The van der Waals surface area contributed by atoms with Crippen LogP contribution in [0.15, 0.2) is 59.7 Å². The molecule has 1 aliphatic rings. The largest absolute Gasteiger partial charge is 0.299 e. The third-order valence-electron chi connectivity index (χ3n) is 3.40. The van der Waals surface area contributed by atoms with Crippen molar-refractivity contribution in [1.82, 2.24) is 5.01 Å². The van der Waals surface area contributed by atoms with Crippen molar-refractivity contribution in [2.75, 3.05) is 13.6 Å². The maximum atomic E-state index is 5.95. The molecule has 0 fully saturated rings. The molecule has 2 aromatic carbocycles. The predicted molar refractivity (Wildman–Crippen MR) is 79.8 cm³/mol. The zero-order chi connectivity index (χ0) is 13.2. The molecule has 3 heteroatoms. The third-order valence-corrected chi connectivity index (χ3v) is 3.65. The summed E-state index contributed by atoms with van der Waals surface area (Å²) in [7, 11) is 2.01. The number of halogens is 1. The summed E-state index contributed by atoms with van der Waals surface area (Å²) in [6.07, 6.45) is 0. The van der Waals surface area contributed by atoms with E-state index in [0.717, 1.165) is 22.8 Å². The number of benzene rings is 2. The lowest BCUT2D eigenvalue weighted by Crippen LogP contribution is -2.15. The minimum atomic E-state index is 0.326.